The Balaban J connectivity index is 2.68. The van der Waals surface area contributed by atoms with Crippen LogP contribution in [0.25, 0.3) is 0 Å². The molecule has 0 saturated carbocycles. The Morgan fingerprint density at radius 2 is 2.46 bits per heavy atom. The molecule has 0 aliphatic carbocycles. The molecule has 1 heterocycles. The van der Waals surface area contributed by atoms with Crippen LogP contribution in [0.1, 0.15) is 30.2 Å². The van der Waals surface area contributed by atoms with E-state index < -0.39 is 0 Å². The van der Waals surface area contributed by atoms with E-state index >= 15 is 0 Å². The molecule has 0 radical (unpaired) electrons. The molecule has 0 bridgehead atoms. The summed E-state index contributed by atoms with van der Waals surface area (Å²) in [6.07, 6.45) is 8.67. The molecule has 0 spiro atoms. The van der Waals surface area contributed by atoms with Gasteiger partial charge in [0.2, 0.25) is 0 Å². The average Bonchev–Trinajstić information content (AvgIpc) is 2.54. The van der Waals surface area contributed by atoms with Crippen molar-refractivity contribution in [2.24, 2.45) is 0 Å². The number of terminal acetylenes is 1. The van der Waals surface area contributed by atoms with E-state index in [4.69, 9.17) is 10.8 Å². The van der Waals surface area contributed by atoms with Crippen LogP contribution in [-0.4, -0.2) is 7.05 Å². The summed E-state index contributed by atoms with van der Waals surface area (Å²) in [5.41, 5.74) is 1.21. The average molecular weight is 177 g/mol. The zero-order valence-electron chi connectivity index (χ0n) is 8.13. The number of hydrogen-bond acceptors (Lipinski definition) is 2. The SMILES string of the molecule is C#CCCC(NC)c1ccoc1C. The molecule has 0 aromatic carbocycles. The molecule has 0 amide bonds. The van der Waals surface area contributed by atoms with E-state index in [1.54, 1.807) is 6.26 Å². The number of rotatable bonds is 4. The second-order valence-corrected chi connectivity index (χ2v) is 3.02. The normalized spacial score (nSPS) is 12.4. The van der Waals surface area contributed by atoms with Crippen molar-refractivity contribution < 1.29 is 4.42 Å². The summed E-state index contributed by atoms with van der Waals surface area (Å²) in [6.45, 7) is 1.97. The standard InChI is InChI=1S/C11H15NO/c1-4-5-6-11(12-3)10-7-8-13-9(10)2/h1,7-8,11-12H,5-6H2,2-3H3. The number of aryl methyl sites for hydroxylation is 1. The van der Waals surface area contributed by atoms with Gasteiger partial charge < -0.3 is 9.73 Å². The summed E-state index contributed by atoms with van der Waals surface area (Å²) in [4.78, 5) is 0. The zero-order valence-corrected chi connectivity index (χ0v) is 8.13. The minimum atomic E-state index is 0.315. The number of nitrogens with one attached hydrogen (secondary N) is 1. The molecule has 1 unspecified atom stereocenters. The predicted molar refractivity (Wildman–Crippen MR) is 53.3 cm³/mol. The smallest absolute Gasteiger partial charge is 0.105 e. The lowest BCUT2D eigenvalue weighted by atomic mass is 10.0. The van der Waals surface area contributed by atoms with Crippen molar-refractivity contribution in [3.63, 3.8) is 0 Å². The van der Waals surface area contributed by atoms with Crippen molar-refractivity contribution in [1.82, 2.24) is 5.32 Å². The Morgan fingerprint density at radius 1 is 1.69 bits per heavy atom. The van der Waals surface area contributed by atoms with E-state index in [0.29, 0.717) is 6.04 Å². The molecule has 13 heavy (non-hydrogen) atoms. The molecule has 0 saturated heterocycles. The Morgan fingerprint density at radius 3 is 2.92 bits per heavy atom. The van der Waals surface area contributed by atoms with E-state index in [2.05, 4.69) is 11.2 Å². The molecule has 2 heteroatoms. The molecule has 0 aliphatic heterocycles. The Bertz CT molecular complexity index is 295. The van der Waals surface area contributed by atoms with Crippen LogP contribution >= 0.6 is 0 Å². The first-order valence-electron chi connectivity index (χ1n) is 4.44. The highest BCUT2D eigenvalue weighted by molar-refractivity contribution is 5.20. The second-order valence-electron chi connectivity index (χ2n) is 3.02. The van der Waals surface area contributed by atoms with Crippen molar-refractivity contribution in [2.75, 3.05) is 7.05 Å². The topological polar surface area (TPSA) is 25.2 Å². The molecule has 1 N–H and O–H groups in total. The summed E-state index contributed by atoms with van der Waals surface area (Å²) < 4.78 is 5.24. The fraction of sp³-hybridized carbons (Fsp3) is 0.455. The molecule has 0 aliphatic rings. The maximum Gasteiger partial charge on any atom is 0.105 e. The molecule has 1 rings (SSSR count). The van der Waals surface area contributed by atoms with Gasteiger partial charge in [0.15, 0.2) is 0 Å². The summed E-state index contributed by atoms with van der Waals surface area (Å²) in [6, 6.07) is 2.31. The van der Waals surface area contributed by atoms with Gasteiger partial charge in [-0.25, -0.2) is 0 Å². The second kappa shape index (κ2) is 4.74. The van der Waals surface area contributed by atoms with Crippen LogP contribution in [0.4, 0.5) is 0 Å². The first-order valence-corrected chi connectivity index (χ1v) is 4.44. The highest BCUT2D eigenvalue weighted by Gasteiger charge is 2.12. The van der Waals surface area contributed by atoms with Gasteiger partial charge in [0, 0.05) is 18.0 Å². The maximum absolute atomic E-state index is 5.24. The van der Waals surface area contributed by atoms with Crippen LogP contribution < -0.4 is 5.32 Å². The number of hydrogen-bond donors (Lipinski definition) is 1. The van der Waals surface area contributed by atoms with E-state index in [0.717, 1.165) is 18.6 Å². The first-order chi connectivity index (χ1) is 6.29. The van der Waals surface area contributed by atoms with Crippen molar-refractivity contribution >= 4 is 0 Å². The van der Waals surface area contributed by atoms with Gasteiger partial charge in [0.1, 0.15) is 5.76 Å². The molecule has 0 fully saturated rings. The summed E-state index contributed by atoms with van der Waals surface area (Å²) in [7, 11) is 1.94. The lowest BCUT2D eigenvalue weighted by Crippen LogP contribution is -2.16. The van der Waals surface area contributed by atoms with Gasteiger partial charge in [-0.2, -0.15) is 0 Å². The monoisotopic (exact) mass is 177 g/mol. The highest BCUT2D eigenvalue weighted by Crippen LogP contribution is 2.21. The largest absolute Gasteiger partial charge is 0.469 e. The van der Waals surface area contributed by atoms with Crippen molar-refractivity contribution in [3.8, 4) is 12.3 Å². The van der Waals surface area contributed by atoms with Gasteiger partial charge in [0.05, 0.1) is 6.26 Å². The van der Waals surface area contributed by atoms with Crippen molar-refractivity contribution in [3.05, 3.63) is 23.7 Å². The van der Waals surface area contributed by atoms with E-state index in [1.807, 2.05) is 20.0 Å². The number of furan rings is 1. The van der Waals surface area contributed by atoms with E-state index in [-0.39, 0.29) is 0 Å². The molecule has 1 aromatic rings. The van der Waals surface area contributed by atoms with Gasteiger partial charge in [0.25, 0.3) is 0 Å². The van der Waals surface area contributed by atoms with E-state index in [9.17, 15) is 0 Å². The Labute approximate surface area is 79.3 Å². The molecule has 2 nitrogen and oxygen atoms in total. The van der Waals surface area contributed by atoms with E-state index in [1.165, 1.54) is 5.56 Å². The lowest BCUT2D eigenvalue weighted by molar-refractivity contribution is 0.504. The first kappa shape index (κ1) is 9.88. The van der Waals surface area contributed by atoms with Crippen LogP contribution in [0.3, 0.4) is 0 Å². The predicted octanol–water partition coefficient (Wildman–Crippen LogP) is 2.26. The summed E-state index contributed by atoms with van der Waals surface area (Å²) in [5, 5.41) is 3.22. The summed E-state index contributed by atoms with van der Waals surface area (Å²) >= 11 is 0. The molecular weight excluding hydrogens is 162 g/mol. The van der Waals surface area contributed by atoms with Gasteiger partial charge >= 0.3 is 0 Å². The zero-order chi connectivity index (χ0) is 9.68. The quantitative estimate of drug-likeness (QED) is 0.714. The fourth-order valence-electron chi connectivity index (χ4n) is 1.44. The van der Waals surface area contributed by atoms with Gasteiger partial charge in [-0.3, -0.25) is 0 Å². The molecular formula is C11H15NO. The highest BCUT2D eigenvalue weighted by atomic mass is 16.3. The Hall–Kier alpha value is -1.20. The fourth-order valence-corrected chi connectivity index (χ4v) is 1.44. The van der Waals surface area contributed by atoms with Gasteiger partial charge in [-0.1, -0.05) is 0 Å². The van der Waals surface area contributed by atoms with Crippen LogP contribution in [0.15, 0.2) is 16.7 Å². The minimum Gasteiger partial charge on any atom is -0.469 e. The third kappa shape index (κ3) is 2.37. The minimum absolute atomic E-state index is 0.315. The molecule has 1 atom stereocenters. The third-order valence-corrected chi connectivity index (χ3v) is 2.20. The lowest BCUT2D eigenvalue weighted by Gasteiger charge is -2.13. The maximum atomic E-state index is 5.24. The van der Waals surface area contributed by atoms with Crippen LogP contribution in [0.2, 0.25) is 0 Å². The van der Waals surface area contributed by atoms with Crippen LogP contribution in [-0.2, 0) is 0 Å². The molecule has 1 aromatic heterocycles. The van der Waals surface area contributed by atoms with Crippen LogP contribution in [0, 0.1) is 19.3 Å². The summed E-state index contributed by atoms with van der Waals surface area (Å²) in [5.74, 6) is 3.61. The van der Waals surface area contributed by atoms with Gasteiger partial charge in [-0.15, -0.1) is 12.3 Å². The Kier molecular flexibility index (Phi) is 3.60. The third-order valence-electron chi connectivity index (χ3n) is 2.20. The molecule has 70 valence electrons. The van der Waals surface area contributed by atoms with Crippen molar-refractivity contribution in [2.45, 2.75) is 25.8 Å². The van der Waals surface area contributed by atoms with Crippen molar-refractivity contribution in [1.29, 1.82) is 0 Å². The van der Waals surface area contributed by atoms with Crippen LogP contribution in [0.5, 0.6) is 0 Å². The van der Waals surface area contributed by atoms with Gasteiger partial charge in [-0.05, 0) is 26.5 Å².